The molecule has 8 atom stereocenters. The summed E-state index contributed by atoms with van der Waals surface area (Å²) in [5, 5.41) is 22.0. The molecule has 282 valence electrons. The molecule has 3 amide bonds. The lowest BCUT2D eigenvalue weighted by molar-refractivity contribution is -0.163. The zero-order valence-electron chi connectivity index (χ0n) is 30.2. The Morgan fingerprint density at radius 1 is 1.15 bits per heavy atom. The molecule has 3 saturated heterocycles. The number of ether oxygens (including phenoxy) is 3. The van der Waals surface area contributed by atoms with E-state index in [2.05, 4.69) is 28.8 Å². The lowest BCUT2D eigenvalue weighted by Crippen LogP contribution is -2.58. The van der Waals surface area contributed by atoms with Crippen molar-refractivity contribution in [2.45, 2.75) is 81.6 Å². The van der Waals surface area contributed by atoms with E-state index in [1.165, 1.54) is 12.0 Å². The molecule has 0 saturated carbocycles. The number of para-hydroxylation sites is 1. The Hall–Kier alpha value is -4.92. The molecule has 0 radical (unpaired) electrons. The Kier molecular flexibility index (Phi) is 11.7. The van der Waals surface area contributed by atoms with E-state index in [0.717, 1.165) is 5.52 Å². The van der Waals surface area contributed by atoms with Crippen molar-refractivity contribution in [2.24, 2.45) is 11.8 Å². The number of aliphatic hydroxyl groups is 1. The van der Waals surface area contributed by atoms with Gasteiger partial charge in [0.2, 0.25) is 17.7 Å². The van der Waals surface area contributed by atoms with Gasteiger partial charge in [0.15, 0.2) is 0 Å². The van der Waals surface area contributed by atoms with E-state index in [-0.39, 0.29) is 38.8 Å². The number of carbonyl (C=O) groups excluding carboxylic acids is 4. The quantitative estimate of drug-likeness (QED) is 0.147. The first-order valence-electron chi connectivity index (χ1n) is 18.2. The maximum atomic E-state index is 14.9. The van der Waals surface area contributed by atoms with Crippen molar-refractivity contribution in [3.8, 4) is 0 Å². The number of methoxy groups -OCH3 is 1. The monoisotopic (exact) mass is 728 g/mol. The molecule has 0 unspecified atom stereocenters. The number of esters is 1. The lowest BCUT2D eigenvalue weighted by atomic mass is 9.70. The minimum Gasteiger partial charge on any atom is -0.455 e. The van der Waals surface area contributed by atoms with Crippen molar-refractivity contribution in [1.29, 1.82) is 0 Å². The molecular formula is C39H48N6O8. The summed E-state index contributed by atoms with van der Waals surface area (Å²) >= 11 is 0. The summed E-state index contributed by atoms with van der Waals surface area (Å²) in [6.45, 7) is 9.21. The number of likely N-dealkylation sites (tertiary alicyclic amines) is 1. The normalized spacial score (nSPS) is 24.7. The van der Waals surface area contributed by atoms with Crippen molar-refractivity contribution in [3.05, 3.63) is 85.5 Å². The van der Waals surface area contributed by atoms with Crippen LogP contribution in [0.1, 0.15) is 50.7 Å². The van der Waals surface area contributed by atoms with E-state index >= 15 is 0 Å². The molecule has 2 aromatic carbocycles. The summed E-state index contributed by atoms with van der Waals surface area (Å²) in [5.41, 5.74) is 0.676. The van der Waals surface area contributed by atoms with Crippen LogP contribution >= 0.6 is 0 Å². The molecule has 3 fully saturated rings. The van der Waals surface area contributed by atoms with E-state index in [9.17, 15) is 24.3 Å². The van der Waals surface area contributed by atoms with Gasteiger partial charge in [-0.05, 0) is 43.4 Å². The number of benzene rings is 2. The third-order valence-electron chi connectivity index (χ3n) is 10.7. The van der Waals surface area contributed by atoms with Gasteiger partial charge in [0.1, 0.15) is 29.9 Å². The number of fused-ring (bicyclic) bond motifs is 2. The van der Waals surface area contributed by atoms with Gasteiger partial charge in [0.05, 0.1) is 48.8 Å². The molecule has 1 aromatic heterocycles. The summed E-state index contributed by atoms with van der Waals surface area (Å²) in [5.74, 6) is -3.86. The van der Waals surface area contributed by atoms with Gasteiger partial charge >= 0.3 is 5.97 Å². The minimum atomic E-state index is -1.35. The summed E-state index contributed by atoms with van der Waals surface area (Å²) < 4.78 is 20.1. The number of carbonyl (C=O) groups is 4. The Bertz CT molecular complexity index is 1810. The van der Waals surface area contributed by atoms with Crippen LogP contribution in [-0.4, -0.2) is 110 Å². The van der Waals surface area contributed by atoms with Gasteiger partial charge in [0.25, 0.3) is 0 Å². The molecule has 4 heterocycles. The number of nitrogens with zero attached hydrogens (tertiary/aromatic N) is 5. The molecule has 6 rings (SSSR count). The topological polar surface area (TPSA) is 165 Å². The van der Waals surface area contributed by atoms with Gasteiger partial charge in [-0.1, -0.05) is 66.8 Å². The van der Waals surface area contributed by atoms with Crippen LogP contribution in [0, 0.1) is 11.8 Å². The fourth-order valence-electron chi connectivity index (χ4n) is 8.30. The van der Waals surface area contributed by atoms with Gasteiger partial charge in [-0.25, -0.2) is 4.68 Å². The number of aromatic nitrogens is 3. The molecule has 3 aromatic rings. The molecule has 3 aliphatic rings. The molecular weight excluding hydrogens is 680 g/mol. The molecule has 0 aliphatic carbocycles. The van der Waals surface area contributed by atoms with Crippen molar-refractivity contribution < 1.29 is 38.5 Å². The van der Waals surface area contributed by atoms with Crippen molar-refractivity contribution in [3.63, 3.8) is 0 Å². The second-order valence-electron chi connectivity index (χ2n) is 13.8. The van der Waals surface area contributed by atoms with Crippen LogP contribution in [0.25, 0.3) is 11.0 Å². The average molecular weight is 729 g/mol. The van der Waals surface area contributed by atoms with Crippen LogP contribution in [-0.2, 0) is 40.1 Å². The first kappa shape index (κ1) is 37.8. The Morgan fingerprint density at radius 2 is 1.91 bits per heavy atom. The first-order chi connectivity index (χ1) is 25.7. The van der Waals surface area contributed by atoms with Crippen molar-refractivity contribution >= 4 is 34.7 Å². The van der Waals surface area contributed by atoms with Gasteiger partial charge in [-0.3, -0.25) is 19.2 Å². The predicted octanol–water partition coefficient (Wildman–Crippen LogP) is 2.93. The molecule has 1 spiro atoms. The van der Waals surface area contributed by atoms with Crippen LogP contribution < -0.4 is 5.32 Å². The van der Waals surface area contributed by atoms with Gasteiger partial charge in [0, 0.05) is 20.1 Å². The lowest BCUT2D eigenvalue weighted by Gasteiger charge is -2.39. The van der Waals surface area contributed by atoms with Gasteiger partial charge in [-0.15, -0.1) is 18.3 Å². The number of rotatable bonds is 18. The van der Waals surface area contributed by atoms with E-state index in [1.54, 1.807) is 46.0 Å². The highest BCUT2D eigenvalue weighted by Crippen LogP contribution is 2.59. The summed E-state index contributed by atoms with van der Waals surface area (Å²) in [7, 11) is 1.50. The van der Waals surface area contributed by atoms with Crippen molar-refractivity contribution in [1.82, 2.24) is 30.1 Å². The van der Waals surface area contributed by atoms with Crippen molar-refractivity contribution in [2.75, 3.05) is 26.9 Å². The molecule has 53 heavy (non-hydrogen) atoms. The summed E-state index contributed by atoms with van der Waals surface area (Å²) in [4.78, 5) is 60.0. The van der Waals surface area contributed by atoms with Crippen LogP contribution in [0.5, 0.6) is 0 Å². The van der Waals surface area contributed by atoms with Crippen LogP contribution in [0.3, 0.4) is 0 Å². The highest BCUT2D eigenvalue weighted by Gasteiger charge is 2.75. The third-order valence-corrected chi connectivity index (χ3v) is 10.7. The fourth-order valence-corrected chi connectivity index (χ4v) is 8.30. The maximum absolute atomic E-state index is 14.9. The molecule has 2 bridgehead atoms. The van der Waals surface area contributed by atoms with Crippen LogP contribution in [0.15, 0.2) is 79.9 Å². The van der Waals surface area contributed by atoms with E-state index in [4.69, 9.17) is 14.2 Å². The second kappa shape index (κ2) is 16.4. The predicted molar refractivity (Wildman–Crippen MR) is 194 cm³/mol. The largest absolute Gasteiger partial charge is 0.455 e. The number of amides is 3. The first-order valence-corrected chi connectivity index (χ1v) is 18.2. The standard InChI is InChI=1S/C39H48N6O8/c1-5-8-18-31(47)40-28(23-51-4)34(25-14-10-9-11-15-25)52-38(50)32-30-19-20-39(53-30)33(32)36(48)45(26(7-3)22-46)35(39)37(49)43(21-6-2)24-44-29-17-13-12-16-27(29)41-42-44/h5-6,9-17,26,28,30,32-35,46H,1-2,7-8,18-24H2,3-4H3,(H,40,47)/t26-,28-,30+,32-,33-,34-,35+,39-/m0/s1. The zero-order chi connectivity index (χ0) is 37.7. The summed E-state index contributed by atoms with van der Waals surface area (Å²) in [6.07, 6.45) is 3.41. The molecule has 3 aliphatic heterocycles. The Morgan fingerprint density at radius 3 is 2.60 bits per heavy atom. The minimum absolute atomic E-state index is 0.0215. The SMILES string of the molecule is C=CCCC(=O)N[C@@H](COC)[C@@H](OC(=O)[C@@H]1[C@H]2C(=O)N([C@@H](CC)CO)[C@H](C(=O)N(CC=C)Cn3nnc4ccccc43)[C@]23CC[C@H]1O3)c1ccccc1. The molecule has 14 nitrogen and oxygen atoms in total. The Labute approximate surface area is 308 Å². The zero-order valence-corrected chi connectivity index (χ0v) is 30.2. The van der Waals surface area contributed by atoms with E-state index < -0.39 is 65.6 Å². The van der Waals surface area contributed by atoms with Crippen LogP contribution in [0.4, 0.5) is 0 Å². The second-order valence-corrected chi connectivity index (χ2v) is 13.8. The Balaban J connectivity index is 1.34. The van der Waals surface area contributed by atoms with E-state index in [0.29, 0.717) is 36.8 Å². The van der Waals surface area contributed by atoms with Gasteiger partial charge in [-0.2, -0.15) is 0 Å². The number of hydrogen-bond donors (Lipinski definition) is 2. The number of nitrogens with one attached hydrogen (secondary N) is 1. The smallest absolute Gasteiger partial charge is 0.313 e. The highest BCUT2D eigenvalue weighted by atomic mass is 16.6. The summed E-state index contributed by atoms with van der Waals surface area (Å²) in [6, 6.07) is 13.8. The van der Waals surface area contributed by atoms with Gasteiger partial charge < -0.3 is 34.4 Å². The molecule has 2 N–H and O–H groups in total. The third kappa shape index (κ3) is 7.10. The maximum Gasteiger partial charge on any atom is 0.313 e. The number of hydrogen-bond acceptors (Lipinski definition) is 10. The van der Waals surface area contributed by atoms with Crippen LogP contribution in [0.2, 0.25) is 0 Å². The number of aliphatic hydroxyl groups excluding tert-OH is 1. The molecule has 14 heteroatoms. The fraction of sp³-hybridized carbons (Fsp3) is 0.487. The number of allylic oxidation sites excluding steroid dienone is 1. The van der Waals surface area contributed by atoms with E-state index in [1.807, 2.05) is 37.3 Å². The highest BCUT2D eigenvalue weighted by molar-refractivity contribution is 5.98. The average Bonchev–Trinajstić information content (AvgIpc) is 3.93.